The fourth-order valence-electron chi connectivity index (χ4n) is 3.17. The Hall–Kier alpha value is -0.860. The van der Waals surface area contributed by atoms with E-state index in [0.717, 1.165) is 19.3 Å². The second-order valence-corrected chi connectivity index (χ2v) is 5.52. The second-order valence-electron chi connectivity index (χ2n) is 5.52. The Kier molecular flexibility index (Phi) is 2.72. The minimum absolute atomic E-state index is 0.280. The lowest BCUT2D eigenvalue weighted by molar-refractivity contribution is -0.347. The highest BCUT2D eigenvalue weighted by Crippen LogP contribution is 2.50. The summed E-state index contributed by atoms with van der Waals surface area (Å²) in [7, 11) is 0. The van der Waals surface area contributed by atoms with Crippen molar-refractivity contribution in [2.75, 3.05) is 0 Å². The van der Waals surface area contributed by atoms with E-state index in [9.17, 15) is 0 Å². The first-order valence-electron chi connectivity index (χ1n) is 6.57. The summed E-state index contributed by atoms with van der Waals surface area (Å²) >= 11 is 0. The van der Waals surface area contributed by atoms with Crippen LogP contribution in [0, 0.1) is 0 Å². The van der Waals surface area contributed by atoms with Gasteiger partial charge in [0.2, 0.25) is 0 Å². The molecular weight excluding hydrogens is 212 g/mol. The smallest absolute Gasteiger partial charge is 0.170 e. The van der Waals surface area contributed by atoms with Gasteiger partial charge in [-0.15, -0.1) is 0 Å². The van der Waals surface area contributed by atoms with Crippen LogP contribution in [0.1, 0.15) is 44.6 Å². The first-order valence-corrected chi connectivity index (χ1v) is 6.57. The monoisotopic (exact) mass is 232 g/mol. The molecule has 1 saturated carbocycles. The predicted octanol–water partition coefficient (Wildman–Crippen LogP) is 3.47. The van der Waals surface area contributed by atoms with Crippen molar-refractivity contribution in [2.45, 2.75) is 57.0 Å². The number of rotatable bonds is 1. The lowest BCUT2D eigenvalue weighted by Gasteiger charge is -2.52. The Morgan fingerprint density at radius 2 is 1.59 bits per heavy atom. The van der Waals surface area contributed by atoms with E-state index in [1.807, 2.05) is 0 Å². The van der Waals surface area contributed by atoms with Gasteiger partial charge in [-0.25, -0.2) is 0 Å². The first kappa shape index (κ1) is 11.2. The van der Waals surface area contributed by atoms with Crippen molar-refractivity contribution in [3.05, 3.63) is 35.9 Å². The van der Waals surface area contributed by atoms with E-state index < -0.39 is 0 Å². The molecule has 1 aliphatic heterocycles. The molecule has 0 amide bonds. The van der Waals surface area contributed by atoms with Gasteiger partial charge in [0.25, 0.3) is 0 Å². The summed E-state index contributed by atoms with van der Waals surface area (Å²) < 4.78 is 12.0. The molecule has 2 heteroatoms. The zero-order valence-electron chi connectivity index (χ0n) is 10.6. The normalized spacial score (nSPS) is 41.2. The van der Waals surface area contributed by atoms with Crippen molar-refractivity contribution in [1.29, 1.82) is 0 Å². The molecule has 2 nitrogen and oxygen atoms in total. The molecule has 1 aliphatic carbocycles. The van der Waals surface area contributed by atoms with Crippen LogP contribution in [0.5, 0.6) is 0 Å². The molecule has 3 rings (SSSR count). The van der Waals surface area contributed by atoms with Gasteiger partial charge >= 0.3 is 0 Å². The molecule has 1 aromatic rings. The number of hydrogen-bond donors (Lipinski definition) is 0. The van der Waals surface area contributed by atoms with E-state index in [1.54, 1.807) is 0 Å². The van der Waals surface area contributed by atoms with E-state index in [-0.39, 0.29) is 5.79 Å². The van der Waals surface area contributed by atoms with Crippen LogP contribution in [0.25, 0.3) is 0 Å². The maximum Gasteiger partial charge on any atom is 0.170 e. The van der Waals surface area contributed by atoms with Crippen molar-refractivity contribution in [2.24, 2.45) is 0 Å². The predicted molar refractivity (Wildman–Crippen MR) is 66.9 cm³/mol. The average Bonchev–Trinajstić information content (AvgIpc) is 2.25. The van der Waals surface area contributed by atoms with Gasteiger partial charge in [0.15, 0.2) is 5.79 Å². The van der Waals surface area contributed by atoms with Crippen molar-refractivity contribution >= 4 is 0 Å². The van der Waals surface area contributed by atoms with E-state index in [0.29, 0.717) is 18.1 Å². The van der Waals surface area contributed by atoms with Gasteiger partial charge in [0, 0.05) is 12.8 Å². The Bertz CT molecular complexity index is 369. The third-order valence-corrected chi connectivity index (χ3v) is 3.88. The van der Waals surface area contributed by atoms with Crippen molar-refractivity contribution < 1.29 is 9.47 Å². The highest BCUT2D eigenvalue weighted by atomic mass is 16.7. The third-order valence-electron chi connectivity index (χ3n) is 3.88. The first-order chi connectivity index (χ1) is 8.17. The third kappa shape index (κ3) is 2.12. The molecule has 1 saturated heterocycles. The van der Waals surface area contributed by atoms with E-state index >= 15 is 0 Å². The molecule has 2 atom stereocenters. The minimum atomic E-state index is -0.280. The topological polar surface area (TPSA) is 18.5 Å². The van der Waals surface area contributed by atoms with Crippen LogP contribution in [-0.4, -0.2) is 18.0 Å². The van der Waals surface area contributed by atoms with Crippen LogP contribution in [0.2, 0.25) is 0 Å². The second kappa shape index (κ2) is 4.11. The largest absolute Gasteiger partial charge is 0.347 e. The summed E-state index contributed by atoms with van der Waals surface area (Å²) in [5.41, 5.74) is 1.41. The SMILES string of the molecule is C[C@@H]1C[C@@H](C)OC2(CC(c3ccccc3)C2)O1. The average molecular weight is 232 g/mol. The van der Waals surface area contributed by atoms with E-state index in [4.69, 9.17) is 9.47 Å². The minimum Gasteiger partial charge on any atom is -0.347 e. The van der Waals surface area contributed by atoms with Crippen molar-refractivity contribution in [1.82, 2.24) is 0 Å². The summed E-state index contributed by atoms with van der Waals surface area (Å²) in [4.78, 5) is 0. The fraction of sp³-hybridized carbons (Fsp3) is 0.600. The summed E-state index contributed by atoms with van der Waals surface area (Å²) in [6, 6.07) is 10.7. The standard InChI is InChI=1S/C15H20O2/c1-11-8-12(2)17-15(16-11)9-14(10-15)13-6-4-3-5-7-13/h3-7,11-12,14H,8-10H2,1-2H3/t11-,12-/m1/s1. The fourth-order valence-corrected chi connectivity index (χ4v) is 3.17. The molecule has 0 radical (unpaired) electrons. The van der Waals surface area contributed by atoms with E-state index in [1.165, 1.54) is 5.56 Å². The van der Waals surface area contributed by atoms with Crippen LogP contribution >= 0.6 is 0 Å². The highest BCUT2D eigenvalue weighted by Gasteiger charge is 2.51. The zero-order chi connectivity index (χ0) is 11.9. The quantitative estimate of drug-likeness (QED) is 0.738. The molecule has 17 heavy (non-hydrogen) atoms. The molecule has 1 aromatic carbocycles. The Morgan fingerprint density at radius 1 is 1.00 bits per heavy atom. The highest BCUT2D eigenvalue weighted by molar-refractivity contribution is 5.23. The van der Waals surface area contributed by atoms with E-state index in [2.05, 4.69) is 44.2 Å². The van der Waals surface area contributed by atoms with Gasteiger partial charge in [-0.2, -0.15) is 0 Å². The molecule has 0 bridgehead atoms. The van der Waals surface area contributed by atoms with Crippen molar-refractivity contribution in [3.63, 3.8) is 0 Å². The molecule has 0 aromatic heterocycles. The molecule has 2 aliphatic rings. The number of benzene rings is 1. The maximum atomic E-state index is 6.01. The molecular formula is C15H20O2. The molecule has 1 heterocycles. The lowest BCUT2D eigenvalue weighted by atomic mass is 9.74. The van der Waals surface area contributed by atoms with Gasteiger partial charge in [-0.05, 0) is 31.7 Å². The van der Waals surface area contributed by atoms with Gasteiger partial charge in [0.1, 0.15) is 0 Å². The lowest BCUT2D eigenvalue weighted by Crippen LogP contribution is -2.54. The van der Waals surface area contributed by atoms with Gasteiger partial charge in [0.05, 0.1) is 12.2 Å². The molecule has 2 fully saturated rings. The number of hydrogen-bond acceptors (Lipinski definition) is 2. The van der Waals surface area contributed by atoms with Gasteiger partial charge < -0.3 is 9.47 Å². The summed E-state index contributed by atoms with van der Waals surface area (Å²) in [6.07, 6.45) is 3.68. The van der Waals surface area contributed by atoms with Crippen LogP contribution in [0.4, 0.5) is 0 Å². The van der Waals surface area contributed by atoms with Crippen LogP contribution in [-0.2, 0) is 9.47 Å². The summed E-state index contributed by atoms with van der Waals surface area (Å²) in [5.74, 6) is 0.325. The van der Waals surface area contributed by atoms with Crippen LogP contribution < -0.4 is 0 Å². The maximum absolute atomic E-state index is 6.01. The summed E-state index contributed by atoms with van der Waals surface area (Å²) in [6.45, 7) is 4.30. The number of ether oxygens (including phenoxy) is 2. The van der Waals surface area contributed by atoms with Crippen LogP contribution in [0.3, 0.4) is 0 Å². The van der Waals surface area contributed by atoms with Gasteiger partial charge in [-0.1, -0.05) is 30.3 Å². The molecule has 92 valence electrons. The molecule has 1 spiro atoms. The summed E-state index contributed by atoms with van der Waals surface area (Å²) in [5, 5.41) is 0. The molecule has 0 N–H and O–H groups in total. The Morgan fingerprint density at radius 3 is 2.18 bits per heavy atom. The Labute approximate surface area is 103 Å². The molecule has 0 unspecified atom stereocenters. The Balaban J connectivity index is 1.67. The van der Waals surface area contributed by atoms with Crippen molar-refractivity contribution in [3.8, 4) is 0 Å². The zero-order valence-corrected chi connectivity index (χ0v) is 10.6. The van der Waals surface area contributed by atoms with Crippen LogP contribution in [0.15, 0.2) is 30.3 Å². The van der Waals surface area contributed by atoms with Gasteiger partial charge in [-0.3, -0.25) is 0 Å².